The summed E-state index contributed by atoms with van der Waals surface area (Å²) in [7, 11) is 0. The molecule has 250 valence electrons. The van der Waals surface area contributed by atoms with Gasteiger partial charge in [-0.2, -0.15) is 0 Å². The van der Waals surface area contributed by atoms with Crippen LogP contribution in [0.4, 0.5) is 0 Å². The van der Waals surface area contributed by atoms with E-state index in [4.69, 9.17) is 9.97 Å². The number of hydrogen-bond acceptors (Lipinski definition) is 2. The van der Waals surface area contributed by atoms with Crippen molar-refractivity contribution >= 4 is 64.8 Å². The van der Waals surface area contributed by atoms with Crippen molar-refractivity contribution in [2.75, 3.05) is 0 Å². The van der Waals surface area contributed by atoms with Crippen LogP contribution in [0.3, 0.4) is 0 Å². The highest BCUT2D eigenvalue weighted by Gasteiger charge is 2.20. The summed E-state index contributed by atoms with van der Waals surface area (Å²) in [6.45, 7) is 0. The van der Waals surface area contributed by atoms with Crippen molar-refractivity contribution in [3.8, 4) is 44.9 Å². The number of hydrogen-bond donors (Lipinski definition) is 0. The van der Waals surface area contributed by atoms with Gasteiger partial charge in [0.1, 0.15) is 0 Å². The molecule has 1 aromatic heterocycles. The molecule has 1 heterocycles. The Morgan fingerprint density at radius 3 is 1.46 bits per heavy atom. The molecule has 2 heteroatoms. The molecular weight excluding hydrogens is 653 g/mol. The van der Waals surface area contributed by atoms with Crippen LogP contribution in [0.15, 0.2) is 194 Å². The molecule has 0 aliphatic carbocycles. The number of benzene rings is 10. The molecule has 0 saturated heterocycles. The average Bonchev–Trinajstić information content (AvgIpc) is 3.24. The highest BCUT2D eigenvalue weighted by atomic mass is 14.9. The third-order valence-corrected chi connectivity index (χ3v) is 11.0. The minimum absolute atomic E-state index is 0.728. The summed E-state index contributed by atoms with van der Waals surface area (Å²) in [6, 6.07) is 70.1. The topological polar surface area (TPSA) is 25.8 Å². The van der Waals surface area contributed by atoms with Crippen molar-refractivity contribution in [1.29, 1.82) is 0 Å². The van der Waals surface area contributed by atoms with Crippen LogP contribution in [0.2, 0.25) is 0 Å². The van der Waals surface area contributed by atoms with Crippen molar-refractivity contribution in [1.82, 2.24) is 9.97 Å². The van der Waals surface area contributed by atoms with Crippen LogP contribution in [0.5, 0.6) is 0 Å². The Bertz CT molecular complexity index is 3280. The van der Waals surface area contributed by atoms with Gasteiger partial charge in [0.2, 0.25) is 0 Å². The van der Waals surface area contributed by atoms with E-state index in [2.05, 4.69) is 194 Å². The Morgan fingerprint density at radius 1 is 0.278 bits per heavy atom. The van der Waals surface area contributed by atoms with Gasteiger partial charge in [-0.25, -0.2) is 9.97 Å². The second-order valence-corrected chi connectivity index (χ2v) is 14.1. The van der Waals surface area contributed by atoms with E-state index >= 15 is 0 Å². The van der Waals surface area contributed by atoms with E-state index in [1.807, 2.05) is 0 Å². The van der Waals surface area contributed by atoms with Gasteiger partial charge in [-0.05, 0) is 100 Å². The lowest BCUT2D eigenvalue weighted by Crippen LogP contribution is -1.97. The molecule has 0 radical (unpaired) electrons. The summed E-state index contributed by atoms with van der Waals surface area (Å²) in [5, 5.41) is 13.1. The Kier molecular flexibility index (Phi) is 6.90. The zero-order chi connectivity index (χ0) is 35.6. The van der Waals surface area contributed by atoms with Gasteiger partial charge in [0, 0.05) is 16.5 Å². The summed E-state index contributed by atoms with van der Waals surface area (Å²) in [5.74, 6) is 0.728. The molecule has 0 atom stereocenters. The van der Waals surface area contributed by atoms with E-state index in [0.717, 1.165) is 38.9 Å². The lowest BCUT2D eigenvalue weighted by atomic mass is 9.84. The van der Waals surface area contributed by atoms with E-state index in [0.29, 0.717) is 0 Å². The number of nitrogens with zero attached hydrogens (tertiary/aromatic N) is 2. The molecular formula is C52H32N2. The number of para-hydroxylation sites is 1. The lowest BCUT2D eigenvalue weighted by molar-refractivity contribution is 1.23. The van der Waals surface area contributed by atoms with Crippen molar-refractivity contribution < 1.29 is 0 Å². The maximum absolute atomic E-state index is 5.41. The second-order valence-electron chi connectivity index (χ2n) is 14.1. The first-order valence-corrected chi connectivity index (χ1v) is 18.5. The summed E-state index contributed by atoms with van der Waals surface area (Å²) in [6.07, 6.45) is 0. The largest absolute Gasteiger partial charge is 0.228 e. The van der Waals surface area contributed by atoms with E-state index in [-0.39, 0.29) is 0 Å². The normalized spacial score (nSPS) is 11.7. The number of fused-ring (bicyclic) bond motifs is 6. The van der Waals surface area contributed by atoms with Crippen molar-refractivity contribution in [3.05, 3.63) is 194 Å². The molecule has 0 bridgehead atoms. The highest BCUT2D eigenvalue weighted by molar-refractivity contribution is 6.23. The van der Waals surface area contributed by atoms with Crippen LogP contribution in [-0.4, -0.2) is 9.97 Å². The van der Waals surface area contributed by atoms with Gasteiger partial charge in [0.15, 0.2) is 5.82 Å². The lowest BCUT2D eigenvalue weighted by Gasteiger charge is -2.19. The van der Waals surface area contributed by atoms with Gasteiger partial charge < -0.3 is 0 Å². The molecule has 11 aromatic rings. The van der Waals surface area contributed by atoms with Crippen LogP contribution in [0, 0.1) is 0 Å². The quantitative estimate of drug-likeness (QED) is 0.172. The Balaban J connectivity index is 1.24. The molecule has 2 nitrogen and oxygen atoms in total. The molecule has 54 heavy (non-hydrogen) atoms. The predicted molar refractivity (Wildman–Crippen MR) is 229 cm³/mol. The molecule has 0 N–H and O–H groups in total. The molecule has 11 rings (SSSR count). The first-order chi connectivity index (χ1) is 26.8. The van der Waals surface area contributed by atoms with Crippen LogP contribution >= 0.6 is 0 Å². The molecule has 0 fully saturated rings. The van der Waals surface area contributed by atoms with E-state index in [9.17, 15) is 0 Å². The zero-order valence-electron chi connectivity index (χ0n) is 29.4. The Labute approximate surface area is 312 Å². The van der Waals surface area contributed by atoms with E-state index in [1.165, 1.54) is 70.7 Å². The minimum Gasteiger partial charge on any atom is -0.228 e. The molecule has 0 spiro atoms. The van der Waals surface area contributed by atoms with Gasteiger partial charge >= 0.3 is 0 Å². The number of aromatic nitrogens is 2. The van der Waals surface area contributed by atoms with Crippen molar-refractivity contribution in [2.24, 2.45) is 0 Å². The van der Waals surface area contributed by atoms with Crippen molar-refractivity contribution in [2.45, 2.75) is 0 Å². The van der Waals surface area contributed by atoms with E-state index < -0.39 is 0 Å². The van der Waals surface area contributed by atoms with Gasteiger partial charge in [0.05, 0.1) is 11.2 Å². The molecule has 0 aliphatic heterocycles. The summed E-state index contributed by atoms with van der Waals surface area (Å²) < 4.78 is 0. The minimum atomic E-state index is 0.728. The fourth-order valence-corrected chi connectivity index (χ4v) is 8.47. The molecule has 0 amide bonds. The Morgan fingerprint density at radius 2 is 0.778 bits per heavy atom. The van der Waals surface area contributed by atoms with Gasteiger partial charge in [0.25, 0.3) is 0 Å². The number of rotatable bonds is 4. The fourth-order valence-electron chi connectivity index (χ4n) is 8.47. The van der Waals surface area contributed by atoms with Crippen LogP contribution in [-0.2, 0) is 0 Å². The third kappa shape index (κ3) is 4.88. The highest BCUT2D eigenvalue weighted by Crippen LogP contribution is 2.46. The summed E-state index contributed by atoms with van der Waals surface area (Å²) in [4.78, 5) is 10.6. The third-order valence-electron chi connectivity index (χ3n) is 11.0. The SMILES string of the molecule is c1ccc2cc(-c3c4ccccc4c(-c4ccc5ccccc5c4)c4cc(-c5nc(-c6cccc7ccccc67)nc6ccccc56)ccc34)ccc2c1. The molecule has 10 aromatic carbocycles. The van der Waals surface area contributed by atoms with Crippen LogP contribution in [0.1, 0.15) is 0 Å². The van der Waals surface area contributed by atoms with Gasteiger partial charge in [-0.15, -0.1) is 0 Å². The van der Waals surface area contributed by atoms with Gasteiger partial charge in [-0.1, -0.05) is 170 Å². The monoisotopic (exact) mass is 684 g/mol. The smallest absolute Gasteiger partial charge is 0.161 e. The summed E-state index contributed by atoms with van der Waals surface area (Å²) >= 11 is 0. The van der Waals surface area contributed by atoms with Crippen molar-refractivity contribution in [3.63, 3.8) is 0 Å². The summed E-state index contributed by atoms with van der Waals surface area (Å²) in [5.41, 5.74) is 8.81. The predicted octanol–water partition coefficient (Wildman–Crippen LogP) is 14.1. The van der Waals surface area contributed by atoms with Crippen LogP contribution in [0.25, 0.3) is 110 Å². The Hall–Kier alpha value is -7.16. The molecule has 0 aliphatic rings. The first-order valence-electron chi connectivity index (χ1n) is 18.5. The average molecular weight is 685 g/mol. The van der Waals surface area contributed by atoms with Gasteiger partial charge in [-0.3, -0.25) is 0 Å². The fraction of sp³-hybridized carbons (Fsp3) is 0. The zero-order valence-corrected chi connectivity index (χ0v) is 29.4. The second kappa shape index (κ2) is 12.2. The maximum Gasteiger partial charge on any atom is 0.161 e. The van der Waals surface area contributed by atoms with E-state index in [1.54, 1.807) is 0 Å². The molecule has 0 unspecified atom stereocenters. The maximum atomic E-state index is 5.41. The molecule has 0 saturated carbocycles. The van der Waals surface area contributed by atoms with Crippen LogP contribution < -0.4 is 0 Å². The first kappa shape index (κ1) is 30.5. The standard InChI is InChI=1S/C52H32N2/c1-3-15-36-30-38(26-24-33(36)12-1)49-42-19-7-8-20-43(42)50(39-27-25-34-13-2-4-16-37(34)31-39)47-32-40(28-29-44(47)49)51-46-21-9-10-23-48(46)53-52(54-51)45-22-11-17-35-14-5-6-18-41(35)45/h1-32H.